The number of aliphatic hydroxyl groups is 1. The normalized spacial score (nSPS) is 23.2. The Balaban J connectivity index is 1.36. The van der Waals surface area contributed by atoms with Gasteiger partial charge in [-0.05, 0) is 55.5 Å². The Bertz CT molecular complexity index is 1120. The number of nitrogens with one attached hydrogen (secondary N) is 2. The van der Waals surface area contributed by atoms with E-state index in [1.165, 1.54) is 39.0 Å². The average molecular weight is 594 g/mol. The second kappa shape index (κ2) is 17.5. The first-order valence-corrected chi connectivity index (χ1v) is 16.3. The molecule has 8 heteroatoms. The number of carbonyl (C=O) groups is 2. The molecule has 2 amide bonds. The molecule has 8 nitrogen and oxygen atoms in total. The minimum atomic E-state index is -0.486. The van der Waals surface area contributed by atoms with Gasteiger partial charge in [0.15, 0.2) is 6.29 Å². The summed E-state index contributed by atoms with van der Waals surface area (Å²) in [5.41, 5.74) is 3.99. The Morgan fingerprint density at radius 1 is 0.837 bits per heavy atom. The molecule has 2 aliphatic rings. The SMILES string of the molecule is CC(=O)NCCCCCC(=O)NCc1ccc([C@@H]2O[C@H](CN3CCCCCCC3)[C@H](C)[C@H](c3ccc(CO)cc3)O2)cc1. The summed E-state index contributed by atoms with van der Waals surface area (Å²) in [7, 11) is 0. The summed E-state index contributed by atoms with van der Waals surface area (Å²) >= 11 is 0. The van der Waals surface area contributed by atoms with Gasteiger partial charge in [-0.2, -0.15) is 0 Å². The number of rotatable bonds is 13. The molecule has 0 aliphatic carbocycles. The first-order chi connectivity index (χ1) is 20.9. The molecule has 2 fully saturated rings. The maximum Gasteiger partial charge on any atom is 0.220 e. The van der Waals surface area contributed by atoms with Gasteiger partial charge in [0.1, 0.15) is 0 Å². The fraction of sp³-hybridized carbons (Fsp3) is 0.600. The molecule has 0 aromatic heterocycles. The number of benzene rings is 2. The van der Waals surface area contributed by atoms with Crippen molar-refractivity contribution in [3.8, 4) is 0 Å². The van der Waals surface area contributed by atoms with Gasteiger partial charge in [-0.25, -0.2) is 0 Å². The van der Waals surface area contributed by atoms with E-state index in [1.54, 1.807) is 0 Å². The summed E-state index contributed by atoms with van der Waals surface area (Å²) in [6.45, 7) is 8.03. The fourth-order valence-corrected chi connectivity index (χ4v) is 6.01. The third-order valence-electron chi connectivity index (χ3n) is 8.71. The topological polar surface area (TPSA) is 100 Å². The van der Waals surface area contributed by atoms with Crippen molar-refractivity contribution in [3.63, 3.8) is 0 Å². The van der Waals surface area contributed by atoms with Crippen molar-refractivity contribution in [1.82, 2.24) is 15.5 Å². The first kappa shape index (κ1) is 33.1. The lowest BCUT2D eigenvalue weighted by Crippen LogP contribution is -2.45. The van der Waals surface area contributed by atoms with Gasteiger partial charge < -0.3 is 30.1 Å². The predicted molar refractivity (Wildman–Crippen MR) is 168 cm³/mol. The van der Waals surface area contributed by atoms with Gasteiger partial charge in [-0.1, -0.05) is 81.1 Å². The second-order valence-corrected chi connectivity index (χ2v) is 12.2. The van der Waals surface area contributed by atoms with E-state index >= 15 is 0 Å². The Kier molecular flexibility index (Phi) is 13.5. The zero-order chi connectivity index (χ0) is 30.4. The quantitative estimate of drug-likeness (QED) is 0.264. The van der Waals surface area contributed by atoms with Crippen LogP contribution in [0.5, 0.6) is 0 Å². The molecule has 4 atom stereocenters. The first-order valence-electron chi connectivity index (χ1n) is 16.3. The summed E-state index contributed by atoms with van der Waals surface area (Å²) in [5, 5.41) is 15.3. The van der Waals surface area contributed by atoms with Crippen LogP contribution in [-0.4, -0.2) is 54.1 Å². The third-order valence-corrected chi connectivity index (χ3v) is 8.71. The van der Waals surface area contributed by atoms with Crippen molar-refractivity contribution < 1.29 is 24.2 Å². The third kappa shape index (κ3) is 10.7. The monoisotopic (exact) mass is 593 g/mol. The van der Waals surface area contributed by atoms with Crippen LogP contribution in [0.4, 0.5) is 0 Å². The van der Waals surface area contributed by atoms with Gasteiger partial charge in [0.25, 0.3) is 0 Å². The van der Waals surface area contributed by atoms with E-state index in [0.717, 1.165) is 61.2 Å². The maximum absolute atomic E-state index is 12.3. The highest BCUT2D eigenvalue weighted by Crippen LogP contribution is 2.42. The van der Waals surface area contributed by atoms with Crippen molar-refractivity contribution >= 4 is 11.8 Å². The lowest BCUT2D eigenvalue weighted by molar-refractivity contribution is -0.276. The Hall–Kier alpha value is -2.78. The van der Waals surface area contributed by atoms with E-state index in [1.807, 2.05) is 36.4 Å². The number of ether oxygens (including phenoxy) is 2. The summed E-state index contributed by atoms with van der Waals surface area (Å²) in [4.78, 5) is 25.8. The molecule has 0 unspecified atom stereocenters. The minimum absolute atomic E-state index is 0.0173. The van der Waals surface area contributed by atoms with E-state index in [2.05, 4.69) is 34.6 Å². The van der Waals surface area contributed by atoms with Crippen LogP contribution in [-0.2, 0) is 32.2 Å². The molecule has 2 saturated heterocycles. The summed E-state index contributed by atoms with van der Waals surface area (Å²) in [6.07, 6.45) is 8.92. The van der Waals surface area contributed by atoms with Crippen LogP contribution in [0.1, 0.15) is 106 Å². The van der Waals surface area contributed by atoms with E-state index < -0.39 is 6.29 Å². The number of aliphatic hydroxyl groups excluding tert-OH is 1. The highest BCUT2D eigenvalue weighted by Gasteiger charge is 2.39. The molecule has 0 bridgehead atoms. The molecule has 2 aliphatic heterocycles. The largest absolute Gasteiger partial charge is 0.392 e. The molecular formula is C35H51N3O5. The average Bonchev–Trinajstić information content (AvgIpc) is 3.00. The van der Waals surface area contributed by atoms with Crippen molar-refractivity contribution in [2.45, 2.75) is 103 Å². The molecule has 2 aromatic rings. The number of carbonyl (C=O) groups excluding carboxylic acids is 2. The number of amides is 2. The maximum atomic E-state index is 12.3. The van der Waals surface area contributed by atoms with Gasteiger partial charge in [0, 0.05) is 44.5 Å². The van der Waals surface area contributed by atoms with Gasteiger partial charge >= 0.3 is 0 Å². The van der Waals surface area contributed by atoms with Gasteiger partial charge in [0.05, 0.1) is 18.8 Å². The lowest BCUT2D eigenvalue weighted by Gasteiger charge is -2.43. The molecular weight excluding hydrogens is 542 g/mol. The summed E-state index contributed by atoms with van der Waals surface area (Å²) < 4.78 is 13.3. The molecule has 236 valence electrons. The molecule has 0 radical (unpaired) electrons. The number of likely N-dealkylation sites (tertiary alicyclic amines) is 1. The van der Waals surface area contributed by atoms with Crippen molar-refractivity contribution in [1.29, 1.82) is 0 Å². The fourth-order valence-electron chi connectivity index (χ4n) is 6.01. The lowest BCUT2D eigenvalue weighted by atomic mass is 9.89. The van der Waals surface area contributed by atoms with Crippen LogP contribution in [0.25, 0.3) is 0 Å². The van der Waals surface area contributed by atoms with E-state index in [-0.39, 0.29) is 36.5 Å². The summed E-state index contributed by atoms with van der Waals surface area (Å²) in [5.74, 6) is 0.191. The Labute approximate surface area is 257 Å². The van der Waals surface area contributed by atoms with Crippen molar-refractivity contribution in [2.24, 2.45) is 5.92 Å². The van der Waals surface area contributed by atoms with Crippen molar-refractivity contribution in [2.75, 3.05) is 26.2 Å². The van der Waals surface area contributed by atoms with Crippen LogP contribution in [0, 0.1) is 5.92 Å². The molecule has 3 N–H and O–H groups in total. The molecule has 0 saturated carbocycles. The predicted octanol–water partition coefficient (Wildman–Crippen LogP) is 5.55. The molecule has 4 rings (SSSR count). The number of hydrogen-bond acceptors (Lipinski definition) is 6. The van der Waals surface area contributed by atoms with Crippen LogP contribution in [0.2, 0.25) is 0 Å². The Morgan fingerprint density at radius 3 is 2.16 bits per heavy atom. The zero-order valence-electron chi connectivity index (χ0n) is 26.1. The highest BCUT2D eigenvalue weighted by molar-refractivity contribution is 5.75. The molecule has 0 spiro atoms. The second-order valence-electron chi connectivity index (χ2n) is 12.2. The van der Waals surface area contributed by atoms with Crippen LogP contribution >= 0.6 is 0 Å². The number of unbranched alkanes of at least 4 members (excludes halogenated alkanes) is 2. The van der Waals surface area contributed by atoms with Gasteiger partial charge in [0.2, 0.25) is 11.8 Å². The van der Waals surface area contributed by atoms with E-state index in [0.29, 0.717) is 19.5 Å². The number of hydrogen-bond donors (Lipinski definition) is 3. The van der Waals surface area contributed by atoms with Crippen LogP contribution in [0.15, 0.2) is 48.5 Å². The van der Waals surface area contributed by atoms with Crippen molar-refractivity contribution in [3.05, 3.63) is 70.8 Å². The minimum Gasteiger partial charge on any atom is -0.392 e. The van der Waals surface area contributed by atoms with Crippen LogP contribution < -0.4 is 10.6 Å². The Morgan fingerprint density at radius 2 is 1.49 bits per heavy atom. The number of nitrogens with zero attached hydrogens (tertiary/aromatic N) is 1. The van der Waals surface area contributed by atoms with E-state index in [4.69, 9.17) is 9.47 Å². The molecule has 43 heavy (non-hydrogen) atoms. The van der Waals surface area contributed by atoms with Gasteiger partial charge in [-0.15, -0.1) is 0 Å². The highest BCUT2D eigenvalue weighted by atomic mass is 16.7. The zero-order valence-corrected chi connectivity index (χ0v) is 26.1. The smallest absolute Gasteiger partial charge is 0.220 e. The molecule has 2 heterocycles. The van der Waals surface area contributed by atoms with Crippen LogP contribution in [0.3, 0.4) is 0 Å². The standard InChI is InChI=1S/C35H51N3O5/c1-26-32(24-38-21-9-4-3-5-10-22-38)42-35(43-34(26)30-16-14-29(25-39)15-17-30)31-18-12-28(13-19-31)23-37-33(41)11-7-6-8-20-36-27(2)40/h12-19,26,32,34-35,39H,3-11,20-25H2,1-2H3,(H,36,40)(H,37,41)/t26-,32+,34+,35+/m0/s1. The summed E-state index contributed by atoms with van der Waals surface area (Å²) in [6, 6.07) is 16.2. The van der Waals surface area contributed by atoms with E-state index in [9.17, 15) is 14.7 Å². The van der Waals surface area contributed by atoms with Gasteiger partial charge in [-0.3, -0.25) is 9.59 Å². The molecule has 2 aromatic carbocycles.